The topological polar surface area (TPSA) is 75.1 Å². The summed E-state index contributed by atoms with van der Waals surface area (Å²) >= 11 is 0. The van der Waals surface area contributed by atoms with Crippen LogP contribution >= 0.6 is 24.0 Å². The molecule has 0 aliphatic heterocycles. The molecule has 1 rings (SSSR count). The van der Waals surface area contributed by atoms with E-state index >= 15 is 0 Å². The van der Waals surface area contributed by atoms with E-state index in [0.717, 1.165) is 30.9 Å². The molecule has 0 amide bonds. The molecule has 0 fully saturated rings. The molecule has 0 unspecified atom stereocenters. The average molecular weight is 423 g/mol. The van der Waals surface area contributed by atoms with Crippen molar-refractivity contribution in [2.45, 2.75) is 26.3 Å². The van der Waals surface area contributed by atoms with Gasteiger partial charge in [0.05, 0.1) is 14.2 Å². The fourth-order valence-electron chi connectivity index (χ4n) is 1.84. The Kier molecular flexibility index (Phi) is 10.5. The monoisotopic (exact) mass is 423 g/mol. The normalized spacial score (nSPS) is 10.6. The smallest absolute Gasteiger partial charge is 0.200 e. The lowest BCUT2D eigenvalue weighted by molar-refractivity contribution is 0.339. The molecule has 0 aliphatic rings. The van der Waals surface area contributed by atoms with Crippen LogP contribution in [-0.4, -0.2) is 38.9 Å². The summed E-state index contributed by atoms with van der Waals surface area (Å²) in [6, 6.07) is 3.54. The molecule has 22 heavy (non-hydrogen) atoms. The number of aliphatic imine (C=N–C) groups is 1. The van der Waals surface area contributed by atoms with Crippen LogP contribution in [0.25, 0.3) is 0 Å². The number of hydrogen-bond acceptors (Lipinski definition) is 4. The summed E-state index contributed by atoms with van der Waals surface area (Å²) in [5.74, 6) is 1.53. The Balaban J connectivity index is 0.00000441. The minimum absolute atomic E-state index is 0. The van der Waals surface area contributed by atoms with Gasteiger partial charge in [0, 0.05) is 20.1 Å². The van der Waals surface area contributed by atoms with E-state index in [0.29, 0.717) is 18.0 Å². The highest BCUT2D eigenvalue weighted by atomic mass is 127. The number of ether oxygens (including phenoxy) is 2. The number of nitrogens with one attached hydrogen (secondary N) is 2. The van der Waals surface area contributed by atoms with E-state index in [1.165, 1.54) is 14.2 Å². The van der Waals surface area contributed by atoms with Crippen LogP contribution in [0.5, 0.6) is 17.2 Å². The highest BCUT2D eigenvalue weighted by Crippen LogP contribution is 2.36. The predicted molar refractivity (Wildman–Crippen MR) is 99.7 cm³/mol. The van der Waals surface area contributed by atoms with Crippen molar-refractivity contribution in [3.05, 3.63) is 17.7 Å². The van der Waals surface area contributed by atoms with Crippen molar-refractivity contribution in [1.29, 1.82) is 0 Å². The number of methoxy groups -OCH3 is 2. The van der Waals surface area contributed by atoms with E-state index < -0.39 is 0 Å². The lowest BCUT2D eigenvalue weighted by Crippen LogP contribution is -2.37. The molecule has 1 aromatic carbocycles. The van der Waals surface area contributed by atoms with Crippen LogP contribution in [-0.2, 0) is 6.54 Å². The molecule has 0 aromatic heterocycles. The van der Waals surface area contributed by atoms with E-state index in [1.54, 1.807) is 19.2 Å². The maximum atomic E-state index is 9.87. The molecule has 7 heteroatoms. The zero-order chi connectivity index (χ0) is 15.7. The minimum atomic E-state index is 0. The first-order valence-corrected chi connectivity index (χ1v) is 7.04. The van der Waals surface area contributed by atoms with Crippen LogP contribution in [0, 0.1) is 0 Å². The number of unbranched alkanes of at least 4 members (excludes halogenated alkanes) is 1. The van der Waals surface area contributed by atoms with Gasteiger partial charge in [-0.2, -0.15) is 0 Å². The molecular weight excluding hydrogens is 397 g/mol. The molecule has 0 heterocycles. The number of aromatic hydroxyl groups is 1. The number of rotatable bonds is 7. The lowest BCUT2D eigenvalue weighted by atomic mass is 10.2. The Morgan fingerprint density at radius 3 is 2.23 bits per heavy atom. The number of halogens is 1. The van der Waals surface area contributed by atoms with E-state index in [1.807, 2.05) is 0 Å². The number of hydrogen-bond donors (Lipinski definition) is 3. The summed E-state index contributed by atoms with van der Waals surface area (Å²) in [6.45, 7) is 3.59. The first-order chi connectivity index (χ1) is 10.2. The first kappa shape index (κ1) is 20.6. The molecule has 1 aromatic rings. The van der Waals surface area contributed by atoms with Crippen molar-refractivity contribution < 1.29 is 14.6 Å². The van der Waals surface area contributed by atoms with E-state index in [-0.39, 0.29) is 29.7 Å². The van der Waals surface area contributed by atoms with Crippen LogP contribution in [0.2, 0.25) is 0 Å². The van der Waals surface area contributed by atoms with Crippen molar-refractivity contribution in [2.75, 3.05) is 27.8 Å². The third kappa shape index (κ3) is 6.17. The van der Waals surface area contributed by atoms with E-state index in [9.17, 15) is 5.11 Å². The highest BCUT2D eigenvalue weighted by molar-refractivity contribution is 14.0. The standard InChI is InChI=1S/C15H25N3O3.HI/c1-5-6-7-17-15(16-2)18-10-11-8-12(20-3)14(19)13(9-11)21-4;/h8-9,19H,5-7,10H2,1-4H3,(H2,16,17,18);1H. The van der Waals surface area contributed by atoms with Gasteiger partial charge in [-0.1, -0.05) is 13.3 Å². The van der Waals surface area contributed by atoms with E-state index in [2.05, 4.69) is 22.5 Å². The van der Waals surface area contributed by atoms with Gasteiger partial charge in [0.15, 0.2) is 17.5 Å². The zero-order valence-corrected chi connectivity index (χ0v) is 15.9. The summed E-state index contributed by atoms with van der Waals surface area (Å²) in [6.07, 6.45) is 2.23. The van der Waals surface area contributed by atoms with Gasteiger partial charge in [0.2, 0.25) is 5.75 Å². The van der Waals surface area contributed by atoms with Crippen molar-refractivity contribution in [3.8, 4) is 17.2 Å². The van der Waals surface area contributed by atoms with Gasteiger partial charge in [-0.25, -0.2) is 0 Å². The van der Waals surface area contributed by atoms with Gasteiger partial charge in [-0.05, 0) is 24.1 Å². The van der Waals surface area contributed by atoms with Gasteiger partial charge >= 0.3 is 0 Å². The lowest BCUT2D eigenvalue weighted by Gasteiger charge is -2.14. The number of guanidine groups is 1. The molecule has 3 N–H and O–H groups in total. The number of phenols is 1. The van der Waals surface area contributed by atoms with Crippen LogP contribution < -0.4 is 20.1 Å². The van der Waals surface area contributed by atoms with Crippen molar-refractivity contribution in [2.24, 2.45) is 4.99 Å². The summed E-state index contributed by atoms with van der Waals surface area (Å²) in [5, 5.41) is 16.3. The molecule has 0 aliphatic carbocycles. The Morgan fingerprint density at radius 2 is 1.77 bits per heavy atom. The summed E-state index contributed by atoms with van der Waals surface area (Å²) < 4.78 is 10.3. The van der Waals surface area contributed by atoms with Gasteiger partial charge in [-0.3, -0.25) is 4.99 Å². The summed E-state index contributed by atoms with van der Waals surface area (Å²) in [5.41, 5.74) is 0.931. The minimum Gasteiger partial charge on any atom is -0.502 e. The second kappa shape index (κ2) is 11.2. The molecule has 0 bridgehead atoms. The average Bonchev–Trinajstić information content (AvgIpc) is 2.51. The fraction of sp³-hybridized carbons (Fsp3) is 0.533. The van der Waals surface area contributed by atoms with Crippen LogP contribution in [0.15, 0.2) is 17.1 Å². The molecule has 126 valence electrons. The molecule has 6 nitrogen and oxygen atoms in total. The maximum absolute atomic E-state index is 9.87. The van der Waals surface area contributed by atoms with Crippen LogP contribution in [0.4, 0.5) is 0 Å². The number of nitrogens with zero attached hydrogens (tertiary/aromatic N) is 1. The fourth-order valence-corrected chi connectivity index (χ4v) is 1.84. The molecule has 0 atom stereocenters. The summed E-state index contributed by atoms with van der Waals surface area (Å²) in [7, 11) is 4.76. The third-order valence-electron chi connectivity index (χ3n) is 3.05. The largest absolute Gasteiger partial charge is 0.502 e. The highest BCUT2D eigenvalue weighted by Gasteiger charge is 2.11. The van der Waals surface area contributed by atoms with Crippen molar-refractivity contribution in [1.82, 2.24) is 10.6 Å². The predicted octanol–water partition coefficient (Wildman–Crippen LogP) is 2.49. The molecule has 0 saturated carbocycles. The first-order valence-electron chi connectivity index (χ1n) is 7.04. The second-order valence-corrected chi connectivity index (χ2v) is 4.56. The maximum Gasteiger partial charge on any atom is 0.200 e. The third-order valence-corrected chi connectivity index (χ3v) is 3.05. The van der Waals surface area contributed by atoms with Gasteiger partial charge in [0.1, 0.15) is 0 Å². The molecule has 0 saturated heterocycles. The number of benzene rings is 1. The Labute approximate surface area is 149 Å². The van der Waals surface area contributed by atoms with Crippen LogP contribution in [0.1, 0.15) is 25.3 Å². The van der Waals surface area contributed by atoms with Crippen molar-refractivity contribution >= 4 is 29.9 Å². The van der Waals surface area contributed by atoms with Gasteiger partial charge in [-0.15, -0.1) is 24.0 Å². The Morgan fingerprint density at radius 1 is 1.18 bits per heavy atom. The number of phenolic OH excluding ortho intramolecular Hbond substituents is 1. The Bertz CT molecular complexity index is 456. The van der Waals surface area contributed by atoms with Crippen LogP contribution in [0.3, 0.4) is 0 Å². The van der Waals surface area contributed by atoms with Crippen molar-refractivity contribution in [3.63, 3.8) is 0 Å². The quantitative estimate of drug-likeness (QED) is 0.272. The Hall–Kier alpha value is -1.38. The summed E-state index contributed by atoms with van der Waals surface area (Å²) in [4.78, 5) is 4.16. The SMILES string of the molecule is CCCCNC(=NC)NCc1cc(OC)c(O)c(OC)c1.I. The van der Waals surface area contributed by atoms with Gasteiger partial charge < -0.3 is 25.2 Å². The van der Waals surface area contributed by atoms with E-state index in [4.69, 9.17) is 9.47 Å². The molecular formula is C15H26IN3O3. The second-order valence-electron chi connectivity index (χ2n) is 4.56. The molecule has 0 spiro atoms. The van der Waals surface area contributed by atoms with Gasteiger partial charge in [0.25, 0.3) is 0 Å². The zero-order valence-electron chi connectivity index (χ0n) is 13.6. The molecule has 0 radical (unpaired) electrons.